The molecule has 1 fully saturated rings. The number of hydrogen-bond acceptors (Lipinski definition) is 6. The standard InChI is InChI=1S/C24H24N2O5S/c1-14(27)31-13-20-17-6-4-3-5-16(17)18-8-7-15(11-19(18)20)25-22(28)9-10-26-23(29)12-21(32-2)24(26)30/h3-8,11,20-21H,9-10,12-13H2,1-2H3,(H,25,28). The van der Waals surface area contributed by atoms with Gasteiger partial charge < -0.3 is 10.1 Å². The largest absolute Gasteiger partial charge is 0.465 e. The zero-order valence-corrected chi connectivity index (χ0v) is 18.7. The molecule has 0 saturated carbocycles. The fourth-order valence-corrected chi connectivity index (χ4v) is 4.91. The van der Waals surface area contributed by atoms with Crippen LogP contribution < -0.4 is 5.32 Å². The third-order valence-electron chi connectivity index (χ3n) is 5.84. The fourth-order valence-electron chi connectivity index (χ4n) is 4.28. The number of carbonyl (C=O) groups is 4. The molecule has 8 heteroatoms. The number of ether oxygens (including phenoxy) is 1. The summed E-state index contributed by atoms with van der Waals surface area (Å²) >= 11 is 1.35. The van der Waals surface area contributed by atoms with Crippen LogP contribution in [0.4, 0.5) is 5.69 Å². The quantitative estimate of drug-likeness (QED) is 0.512. The highest BCUT2D eigenvalue weighted by atomic mass is 32.2. The summed E-state index contributed by atoms with van der Waals surface area (Å²) in [6.07, 6.45) is 2.02. The smallest absolute Gasteiger partial charge is 0.302 e. The van der Waals surface area contributed by atoms with E-state index in [9.17, 15) is 19.2 Å². The summed E-state index contributed by atoms with van der Waals surface area (Å²) in [6.45, 7) is 1.69. The maximum absolute atomic E-state index is 12.5. The molecule has 1 aliphatic heterocycles. The molecule has 0 aromatic heterocycles. The number of benzene rings is 2. The van der Waals surface area contributed by atoms with Gasteiger partial charge in [0.05, 0.1) is 5.25 Å². The van der Waals surface area contributed by atoms with E-state index in [2.05, 4.69) is 5.32 Å². The van der Waals surface area contributed by atoms with E-state index in [1.54, 1.807) is 6.26 Å². The van der Waals surface area contributed by atoms with Gasteiger partial charge in [0.25, 0.3) is 0 Å². The normalized spacial score (nSPS) is 19.0. The Morgan fingerprint density at radius 3 is 2.59 bits per heavy atom. The Balaban J connectivity index is 1.46. The van der Waals surface area contributed by atoms with Crippen molar-refractivity contribution in [3.63, 3.8) is 0 Å². The first-order valence-corrected chi connectivity index (χ1v) is 11.7. The van der Waals surface area contributed by atoms with E-state index in [1.807, 2.05) is 42.5 Å². The molecule has 32 heavy (non-hydrogen) atoms. The van der Waals surface area contributed by atoms with Gasteiger partial charge in [-0.05, 0) is 40.6 Å². The molecular weight excluding hydrogens is 428 g/mol. The van der Waals surface area contributed by atoms with Crippen molar-refractivity contribution in [1.82, 2.24) is 4.90 Å². The first-order valence-electron chi connectivity index (χ1n) is 10.4. The number of anilines is 1. The van der Waals surface area contributed by atoms with E-state index in [-0.39, 0.29) is 60.9 Å². The highest BCUT2D eigenvalue weighted by Gasteiger charge is 2.38. The van der Waals surface area contributed by atoms with Gasteiger partial charge in [0.2, 0.25) is 17.7 Å². The van der Waals surface area contributed by atoms with Crippen LogP contribution in [0.15, 0.2) is 42.5 Å². The van der Waals surface area contributed by atoms with Crippen molar-refractivity contribution in [2.45, 2.75) is 30.9 Å². The molecule has 0 spiro atoms. The lowest BCUT2D eigenvalue weighted by Crippen LogP contribution is -2.34. The van der Waals surface area contributed by atoms with Crippen molar-refractivity contribution in [3.05, 3.63) is 53.6 Å². The monoisotopic (exact) mass is 452 g/mol. The van der Waals surface area contributed by atoms with Crippen LogP contribution in [0.2, 0.25) is 0 Å². The van der Waals surface area contributed by atoms with Gasteiger partial charge in [-0.3, -0.25) is 24.1 Å². The van der Waals surface area contributed by atoms with Gasteiger partial charge in [0, 0.05) is 37.9 Å². The Labute approximate surface area is 190 Å². The van der Waals surface area contributed by atoms with Crippen LogP contribution in [-0.4, -0.2) is 53.2 Å². The molecule has 2 unspecified atom stereocenters. The van der Waals surface area contributed by atoms with Crippen molar-refractivity contribution in [3.8, 4) is 11.1 Å². The van der Waals surface area contributed by atoms with Crippen LogP contribution in [-0.2, 0) is 23.9 Å². The van der Waals surface area contributed by atoms with E-state index in [0.717, 1.165) is 22.3 Å². The second kappa shape index (κ2) is 9.16. The predicted molar refractivity (Wildman–Crippen MR) is 122 cm³/mol. The molecule has 0 bridgehead atoms. The van der Waals surface area contributed by atoms with E-state index in [4.69, 9.17) is 4.74 Å². The van der Waals surface area contributed by atoms with Crippen LogP contribution >= 0.6 is 11.8 Å². The van der Waals surface area contributed by atoms with Gasteiger partial charge in [-0.2, -0.15) is 11.8 Å². The molecule has 166 valence electrons. The molecule has 7 nitrogen and oxygen atoms in total. The molecule has 1 aliphatic carbocycles. The number of fused-ring (bicyclic) bond motifs is 3. The van der Waals surface area contributed by atoms with Crippen molar-refractivity contribution >= 4 is 41.1 Å². The second-order valence-corrected chi connectivity index (χ2v) is 8.90. The number of hydrogen-bond donors (Lipinski definition) is 1. The summed E-state index contributed by atoms with van der Waals surface area (Å²) in [6, 6.07) is 13.7. The van der Waals surface area contributed by atoms with Crippen LogP contribution in [0.25, 0.3) is 11.1 Å². The number of imide groups is 1. The third kappa shape index (κ3) is 4.27. The Morgan fingerprint density at radius 2 is 1.88 bits per heavy atom. The summed E-state index contributed by atoms with van der Waals surface area (Å²) in [5.74, 6) is -1.17. The van der Waals surface area contributed by atoms with E-state index < -0.39 is 0 Å². The minimum atomic E-state index is -0.349. The first kappa shape index (κ1) is 22.1. The van der Waals surface area contributed by atoms with Crippen molar-refractivity contribution in [2.75, 3.05) is 24.7 Å². The Bertz CT molecular complexity index is 1100. The number of nitrogens with zero attached hydrogens (tertiary/aromatic N) is 1. The number of nitrogens with one attached hydrogen (secondary N) is 1. The van der Waals surface area contributed by atoms with Gasteiger partial charge in [0.1, 0.15) is 6.61 Å². The highest BCUT2D eigenvalue weighted by molar-refractivity contribution is 8.00. The third-order valence-corrected chi connectivity index (χ3v) is 6.78. The SMILES string of the molecule is CSC1CC(=O)N(CCC(=O)Nc2ccc3c(c2)C(COC(C)=O)c2ccccc2-3)C1=O. The van der Waals surface area contributed by atoms with E-state index in [1.165, 1.54) is 23.6 Å². The molecular formula is C24H24N2O5S. The van der Waals surface area contributed by atoms with Gasteiger partial charge in [-0.15, -0.1) is 0 Å². The number of likely N-dealkylation sites (tertiary alicyclic amines) is 1. The van der Waals surface area contributed by atoms with Crippen molar-refractivity contribution < 1.29 is 23.9 Å². The summed E-state index contributed by atoms with van der Waals surface area (Å²) in [5, 5.41) is 2.51. The Hall–Kier alpha value is -3.13. The summed E-state index contributed by atoms with van der Waals surface area (Å²) < 4.78 is 5.30. The lowest BCUT2D eigenvalue weighted by atomic mass is 9.97. The molecule has 2 atom stereocenters. The molecule has 1 heterocycles. The molecule has 2 aromatic rings. The maximum atomic E-state index is 12.5. The van der Waals surface area contributed by atoms with Gasteiger partial charge in [-0.1, -0.05) is 30.3 Å². The van der Waals surface area contributed by atoms with Crippen LogP contribution in [0.1, 0.15) is 36.8 Å². The number of thioether (sulfide) groups is 1. The molecule has 3 amide bonds. The molecule has 2 aliphatic rings. The summed E-state index contributed by atoms with van der Waals surface area (Å²) in [4.78, 5) is 49.3. The molecule has 1 saturated heterocycles. The lowest BCUT2D eigenvalue weighted by Gasteiger charge is -2.16. The van der Waals surface area contributed by atoms with Crippen LogP contribution in [0, 0.1) is 0 Å². The van der Waals surface area contributed by atoms with Crippen LogP contribution in [0.3, 0.4) is 0 Å². The maximum Gasteiger partial charge on any atom is 0.302 e. The molecule has 4 rings (SSSR count). The van der Waals surface area contributed by atoms with Crippen LogP contribution in [0.5, 0.6) is 0 Å². The first-order chi connectivity index (χ1) is 15.4. The fraction of sp³-hybridized carbons (Fsp3) is 0.333. The van der Waals surface area contributed by atoms with Crippen molar-refractivity contribution in [1.29, 1.82) is 0 Å². The average Bonchev–Trinajstić information content (AvgIpc) is 3.23. The predicted octanol–water partition coefficient (Wildman–Crippen LogP) is 3.18. The highest BCUT2D eigenvalue weighted by Crippen LogP contribution is 2.45. The van der Waals surface area contributed by atoms with Gasteiger partial charge in [0.15, 0.2) is 0 Å². The zero-order valence-electron chi connectivity index (χ0n) is 17.9. The number of amides is 3. The molecule has 2 aromatic carbocycles. The van der Waals surface area contributed by atoms with Gasteiger partial charge >= 0.3 is 5.97 Å². The second-order valence-electron chi connectivity index (χ2n) is 7.85. The van der Waals surface area contributed by atoms with E-state index in [0.29, 0.717) is 5.69 Å². The van der Waals surface area contributed by atoms with Gasteiger partial charge in [-0.25, -0.2) is 0 Å². The topological polar surface area (TPSA) is 92.8 Å². The number of esters is 1. The Kier molecular flexibility index (Phi) is 6.32. The lowest BCUT2D eigenvalue weighted by molar-refractivity contribution is -0.141. The number of rotatable bonds is 7. The average molecular weight is 453 g/mol. The minimum absolute atomic E-state index is 0.0345. The molecule has 1 N–H and O–H groups in total. The van der Waals surface area contributed by atoms with E-state index >= 15 is 0 Å². The Morgan fingerprint density at radius 1 is 1.12 bits per heavy atom. The zero-order chi connectivity index (χ0) is 22.8. The summed E-state index contributed by atoms with van der Waals surface area (Å²) in [5.41, 5.74) is 4.83. The van der Waals surface area contributed by atoms with Crippen molar-refractivity contribution in [2.24, 2.45) is 0 Å². The summed E-state index contributed by atoms with van der Waals surface area (Å²) in [7, 11) is 0. The number of carbonyl (C=O) groups excluding carboxylic acids is 4. The minimum Gasteiger partial charge on any atom is -0.465 e. The molecule has 0 radical (unpaired) electrons.